The van der Waals surface area contributed by atoms with Crippen molar-refractivity contribution >= 4 is 5.69 Å². The van der Waals surface area contributed by atoms with E-state index in [9.17, 15) is 0 Å². The minimum atomic E-state index is 0.471. The first-order valence-electron chi connectivity index (χ1n) is 9.83. The molecule has 2 aliphatic heterocycles. The summed E-state index contributed by atoms with van der Waals surface area (Å²) in [5.74, 6) is 0.562. The van der Waals surface area contributed by atoms with Gasteiger partial charge in [-0.15, -0.1) is 0 Å². The summed E-state index contributed by atoms with van der Waals surface area (Å²) in [6.07, 6.45) is 7.24. The van der Waals surface area contributed by atoms with E-state index in [1.807, 2.05) is 12.4 Å². The van der Waals surface area contributed by atoms with Crippen LogP contribution in [0.2, 0.25) is 0 Å². The molecule has 0 amide bonds. The molecule has 4 heteroatoms. The van der Waals surface area contributed by atoms with E-state index in [0.717, 1.165) is 32.7 Å². The van der Waals surface area contributed by atoms with E-state index in [-0.39, 0.29) is 0 Å². The van der Waals surface area contributed by atoms with E-state index >= 15 is 0 Å². The maximum Gasteiger partial charge on any atom is 0.0623 e. The second kappa shape index (κ2) is 8.19. The van der Waals surface area contributed by atoms with Crippen molar-refractivity contribution in [3.8, 4) is 0 Å². The number of nitrogens with one attached hydrogen (secondary N) is 1. The van der Waals surface area contributed by atoms with E-state index in [4.69, 9.17) is 4.74 Å². The zero-order valence-corrected chi connectivity index (χ0v) is 15.6. The molecule has 4 rings (SSSR count). The number of pyridine rings is 1. The van der Waals surface area contributed by atoms with Crippen LogP contribution in [0, 0.1) is 12.8 Å². The Morgan fingerprint density at radius 1 is 1.08 bits per heavy atom. The van der Waals surface area contributed by atoms with Gasteiger partial charge in [-0.1, -0.05) is 18.2 Å². The van der Waals surface area contributed by atoms with E-state index in [1.54, 1.807) is 0 Å². The maximum atomic E-state index is 5.80. The summed E-state index contributed by atoms with van der Waals surface area (Å²) in [5, 5.41) is 3.91. The predicted octanol–water partition coefficient (Wildman–Crippen LogP) is 3.21. The van der Waals surface area contributed by atoms with Gasteiger partial charge in [0.15, 0.2) is 0 Å². The fourth-order valence-corrected chi connectivity index (χ4v) is 4.31. The van der Waals surface area contributed by atoms with Crippen LogP contribution in [-0.4, -0.2) is 43.4 Å². The van der Waals surface area contributed by atoms with Crippen LogP contribution in [0.15, 0.2) is 48.8 Å². The first-order chi connectivity index (χ1) is 12.8. The zero-order chi connectivity index (χ0) is 17.8. The molecule has 1 aromatic heterocycles. The van der Waals surface area contributed by atoms with Crippen LogP contribution in [0.1, 0.15) is 24.0 Å². The normalized spacial score (nSPS) is 24.1. The van der Waals surface area contributed by atoms with Crippen molar-refractivity contribution in [1.82, 2.24) is 10.3 Å². The maximum absolute atomic E-state index is 5.80. The van der Waals surface area contributed by atoms with Gasteiger partial charge in [-0.25, -0.2) is 0 Å². The second-order valence-electron chi connectivity index (χ2n) is 7.68. The molecule has 0 aliphatic carbocycles. The average Bonchev–Trinajstić information content (AvgIpc) is 3.10. The van der Waals surface area contributed by atoms with Gasteiger partial charge in [-0.2, -0.15) is 0 Å². The lowest BCUT2D eigenvalue weighted by Crippen LogP contribution is -2.48. The first kappa shape index (κ1) is 17.5. The molecule has 2 saturated heterocycles. The monoisotopic (exact) mass is 351 g/mol. The highest BCUT2D eigenvalue weighted by atomic mass is 16.5. The van der Waals surface area contributed by atoms with Gasteiger partial charge in [-0.3, -0.25) is 4.98 Å². The molecule has 0 bridgehead atoms. The average molecular weight is 351 g/mol. The Labute approximate surface area is 156 Å². The van der Waals surface area contributed by atoms with Crippen molar-refractivity contribution in [2.75, 3.05) is 31.2 Å². The molecule has 2 fully saturated rings. The second-order valence-corrected chi connectivity index (χ2v) is 7.68. The summed E-state index contributed by atoms with van der Waals surface area (Å²) >= 11 is 0. The smallest absolute Gasteiger partial charge is 0.0623 e. The minimum Gasteiger partial charge on any atom is -0.379 e. The molecule has 138 valence electrons. The third kappa shape index (κ3) is 4.08. The molecule has 4 nitrogen and oxygen atoms in total. The molecule has 0 saturated carbocycles. The molecule has 2 atom stereocenters. The molecular formula is C22H29N3O. The van der Waals surface area contributed by atoms with Crippen LogP contribution in [0.25, 0.3) is 0 Å². The van der Waals surface area contributed by atoms with E-state index in [0.29, 0.717) is 18.0 Å². The van der Waals surface area contributed by atoms with Crippen LogP contribution in [-0.2, 0) is 11.2 Å². The largest absolute Gasteiger partial charge is 0.379 e. The van der Waals surface area contributed by atoms with Crippen molar-refractivity contribution < 1.29 is 4.74 Å². The van der Waals surface area contributed by atoms with E-state index < -0.39 is 0 Å². The summed E-state index contributed by atoms with van der Waals surface area (Å²) in [4.78, 5) is 6.65. The number of hydrogen-bond acceptors (Lipinski definition) is 4. The topological polar surface area (TPSA) is 37.4 Å². The molecular weight excluding hydrogens is 322 g/mol. The number of anilines is 1. The lowest BCUT2D eigenvalue weighted by Gasteiger charge is -2.36. The van der Waals surface area contributed by atoms with Gasteiger partial charge in [0.1, 0.15) is 0 Å². The number of nitrogens with zero attached hydrogens (tertiary/aromatic N) is 2. The molecule has 2 aromatic rings. The van der Waals surface area contributed by atoms with Gasteiger partial charge >= 0.3 is 0 Å². The number of piperidine rings is 1. The molecule has 26 heavy (non-hydrogen) atoms. The summed E-state index contributed by atoms with van der Waals surface area (Å²) in [5.41, 5.74) is 4.13. The highest BCUT2D eigenvalue weighted by molar-refractivity contribution is 5.53. The number of rotatable bonds is 5. The van der Waals surface area contributed by atoms with Gasteiger partial charge in [0.25, 0.3) is 0 Å². The Hall–Kier alpha value is -1.91. The Bertz CT molecular complexity index is 698. The van der Waals surface area contributed by atoms with Gasteiger partial charge in [0, 0.05) is 49.2 Å². The molecule has 1 aromatic carbocycles. The molecule has 0 unspecified atom stereocenters. The molecule has 0 radical (unpaired) electrons. The SMILES string of the molecule is Cc1ccccc1N1CCC(N[C@H]2COC[C@H]2Cc2ccncc2)CC1. The number of ether oxygens (including phenoxy) is 1. The Kier molecular flexibility index (Phi) is 5.51. The van der Waals surface area contributed by atoms with Crippen molar-refractivity contribution in [3.05, 3.63) is 59.9 Å². The van der Waals surface area contributed by atoms with Gasteiger partial charge in [-0.05, 0) is 55.5 Å². The summed E-state index contributed by atoms with van der Waals surface area (Å²) in [6.45, 7) is 6.17. The number of para-hydroxylation sites is 1. The zero-order valence-electron chi connectivity index (χ0n) is 15.6. The Balaban J connectivity index is 1.30. The minimum absolute atomic E-state index is 0.471. The van der Waals surface area contributed by atoms with Gasteiger partial charge in [0.2, 0.25) is 0 Å². The number of aromatic nitrogens is 1. The fraction of sp³-hybridized carbons (Fsp3) is 0.500. The van der Waals surface area contributed by atoms with Crippen LogP contribution < -0.4 is 10.2 Å². The molecule has 0 spiro atoms. The van der Waals surface area contributed by atoms with Crippen molar-refractivity contribution in [3.63, 3.8) is 0 Å². The Morgan fingerprint density at radius 2 is 1.85 bits per heavy atom. The lowest BCUT2D eigenvalue weighted by atomic mass is 9.93. The van der Waals surface area contributed by atoms with Crippen LogP contribution in [0.5, 0.6) is 0 Å². The van der Waals surface area contributed by atoms with E-state index in [2.05, 4.69) is 58.5 Å². The van der Waals surface area contributed by atoms with Crippen LogP contribution in [0.3, 0.4) is 0 Å². The first-order valence-corrected chi connectivity index (χ1v) is 9.83. The summed E-state index contributed by atoms with van der Waals surface area (Å²) in [6, 6.07) is 14.0. The van der Waals surface area contributed by atoms with Crippen molar-refractivity contribution in [2.24, 2.45) is 5.92 Å². The highest BCUT2D eigenvalue weighted by Gasteiger charge is 2.31. The quantitative estimate of drug-likeness (QED) is 0.898. The van der Waals surface area contributed by atoms with Gasteiger partial charge in [0.05, 0.1) is 13.2 Å². The van der Waals surface area contributed by atoms with Gasteiger partial charge < -0.3 is 15.0 Å². The summed E-state index contributed by atoms with van der Waals surface area (Å²) in [7, 11) is 0. The standard InChI is InChI=1S/C22H29N3O/c1-17-4-2-3-5-22(17)25-12-8-20(9-13-25)24-21-16-26-15-19(21)14-18-6-10-23-11-7-18/h2-7,10-11,19-21,24H,8-9,12-16H2,1H3/t19-,21+/m1/s1. The van der Waals surface area contributed by atoms with Crippen LogP contribution in [0.4, 0.5) is 5.69 Å². The summed E-state index contributed by atoms with van der Waals surface area (Å²) < 4.78 is 5.80. The van der Waals surface area contributed by atoms with Crippen LogP contribution >= 0.6 is 0 Å². The predicted molar refractivity (Wildman–Crippen MR) is 106 cm³/mol. The highest BCUT2D eigenvalue weighted by Crippen LogP contribution is 2.25. The van der Waals surface area contributed by atoms with Crippen molar-refractivity contribution in [1.29, 1.82) is 0 Å². The molecule has 2 aliphatic rings. The molecule has 3 heterocycles. The Morgan fingerprint density at radius 3 is 2.62 bits per heavy atom. The number of hydrogen-bond donors (Lipinski definition) is 1. The fourth-order valence-electron chi connectivity index (χ4n) is 4.31. The number of benzene rings is 1. The van der Waals surface area contributed by atoms with Crippen molar-refractivity contribution in [2.45, 2.75) is 38.3 Å². The third-order valence-corrected chi connectivity index (χ3v) is 5.85. The van der Waals surface area contributed by atoms with E-state index in [1.165, 1.54) is 29.7 Å². The molecule has 1 N–H and O–H groups in total. The third-order valence-electron chi connectivity index (χ3n) is 5.85. The lowest BCUT2D eigenvalue weighted by molar-refractivity contribution is 0.181. The number of aryl methyl sites for hydroxylation is 1.